The van der Waals surface area contributed by atoms with Gasteiger partial charge in [-0.15, -0.1) is 0 Å². The largest absolute Gasteiger partial charge is 0.350 e. The molecule has 26 heavy (non-hydrogen) atoms. The van der Waals surface area contributed by atoms with Crippen LogP contribution >= 0.6 is 22.6 Å². The summed E-state index contributed by atoms with van der Waals surface area (Å²) in [5.41, 5.74) is 3.21. The summed E-state index contributed by atoms with van der Waals surface area (Å²) in [6.07, 6.45) is 1.73. The van der Waals surface area contributed by atoms with E-state index in [1.165, 1.54) is 16.7 Å². The SMILES string of the molecule is CC1(C)O[C@@H]2Cc3ccccc3[C@@H]2N1C(=O)[C@@H](CI)Cc1ccccc1. The summed E-state index contributed by atoms with van der Waals surface area (Å²) in [6, 6.07) is 18.8. The van der Waals surface area contributed by atoms with Crippen molar-refractivity contribution in [3.63, 3.8) is 0 Å². The Bertz CT molecular complexity index is 805. The van der Waals surface area contributed by atoms with Crippen molar-refractivity contribution in [3.05, 3.63) is 71.3 Å². The van der Waals surface area contributed by atoms with Crippen LogP contribution in [-0.4, -0.2) is 27.1 Å². The van der Waals surface area contributed by atoms with Gasteiger partial charge in [-0.1, -0.05) is 77.2 Å². The number of halogens is 1. The Morgan fingerprint density at radius 2 is 1.88 bits per heavy atom. The van der Waals surface area contributed by atoms with Crippen molar-refractivity contribution in [1.29, 1.82) is 0 Å². The molecule has 0 aromatic heterocycles. The zero-order valence-corrected chi connectivity index (χ0v) is 17.3. The quantitative estimate of drug-likeness (QED) is 0.495. The molecule has 0 N–H and O–H groups in total. The van der Waals surface area contributed by atoms with Crippen molar-refractivity contribution in [2.24, 2.45) is 5.92 Å². The van der Waals surface area contributed by atoms with Crippen LogP contribution in [0.5, 0.6) is 0 Å². The van der Waals surface area contributed by atoms with Crippen LogP contribution in [0.4, 0.5) is 0 Å². The second-order valence-corrected chi connectivity index (χ2v) is 8.58. The van der Waals surface area contributed by atoms with Gasteiger partial charge >= 0.3 is 0 Å². The Balaban J connectivity index is 1.64. The molecule has 1 aliphatic carbocycles. The van der Waals surface area contributed by atoms with Crippen molar-refractivity contribution in [1.82, 2.24) is 4.90 Å². The maximum absolute atomic E-state index is 13.6. The first-order chi connectivity index (χ1) is 12.5. The molecule has 1 aliphatic heterocycles. The van der Waals surface area contributed by atoms with E-state index in [1.807, 2.05) is 36.9 Å². The molecule has 4 rings (SSSR count). The lowest BCUT2D eigenvalue weighted by molar-refractivity contribution is -0.151. The normalized spacial score (nSPS) is 24.2. The molecule has 0 unspecified atom stereocenters. The van der Waals surface area contributed by atoms with Gasteiger partial charge in [0, 0.05) is 10.8 Å². The molecule has 1 saturated heterocycles. The molecule has 136 valence electrons. The van der Waals surface area contributed by atoms with Crippen LogP contribution < -0.4 is 0 Å². The van der Waals surface area contributed by atoms with Crippen LogP contribution in [0.15, 0.2) is 54.6 Å². The summed E-state index contributed by atoms with van der Waals surface area (Å²) in [5, 5.41) is 0. The van der Waals surface area contributed by atoms with Crippen molar-refractivity contribution in [3.8, 4) is 0 Å². The molecule has 2 aliphatic rings. The number of hydrogen-bond donors (Lipinski definition) is 0. The zero-order chi connectivity index (χ0) is 18.3. The molecule has 1 amide bonds. The Hall–Kier alpha value is -1.40. The lowest BCUT2D eigenvalue weighted by Crippen LogP contribution is -2.48. The molecule has 3 atom stereocenters. The topological polar surface area (TPSA) is 29.5 Å². The third kappa shape index (κ3) is 3.07. The molecule has 4 heteroatoms. The molecule has 1 fully saturated rings. The molecular weight excluding hydrogens is 437 g/mol. The van der Waals surface area contributed by atoms with Gasteiger partial charge in [0.2, 0.25) is 5.91 Å². The average molecular weight is 461 g/mol. The predicted octanol–water partition coefficient (Wildman–Crippen LogP) is 4.54. The van der Waals surface area contributed by atoms with Gasteiger partial charge in [0.25, 0.3) is 0 Å². The van der Waals surface area contributed by atoms with E-state index >= 15 is 0 Å². The van der Waals surface area contributed by atoms with Crippen molar-refractivity contribution in [2.75, 3.05) is 4.43 Å². The van der Waals surface area contributed by atoms with Gasteiger partial charge < -0.3 is 9.64 Å². The van der Waals surface area contributed by atoms with Gasteiger partial charge in [0.1, 0.15) is 5.72 Å². The van der Waals surface area contributed by atoms with Crippen LogP contribution in [0.25, 0.3) is 0 Å². The first kappa shape index (κ1) is 18.0. The second-order valence-electron chi connectivity index (χ2n) is 7.70. The van der Waals surface area contributed by atoms with Gasteiger partial charge in [-0.25, -0.2) is 0 Å². The summed E-state index contributed by atoms with van der Waals surface area (Å²) >= 11 is 2.34. The fourth-order valence-corrected chi connectivity index (χ4v) is 5.10. The molecule has 2 aromatic carbocycles. The maximum atomic E-state index is 13.6. The molecule has 1 heterocycles. The summed E-state index contributed by atoms with van der Waals surface area (Å²) < 4.78 is 7.14. The number of nitrogens with zero attached hydrogens (tertiary/aromatic N) is 1. The number of fused-ring (bicyclic) bond motifs is 3. The number of rotatable bonds is 4. The summed E-state index contributed by atoms with van der Waals surface area (Å²) in [4.78, 5) is 15.6. The fraction of sp³-hybridized carbons (Fsp3) is 0.409. The van der Waals surface area contributed by atoms with Crippen molar-refractivity contribution in [2.45, 2.75) is 44.6 Å². The Morgan fingerprint density at radius 1 is 1.19 bits per heavy atom. The molecule has 3 nitrogen and oxygen atoms in total. The minimum Gasteiger partial charge on any atom is -0.350 e. The van der Waals surface area contributed by atoms with Crippen molar-refractivity contribution < 1.29 is 9.53 Å². The number of hydrogen-bond acceptors (Lipinski definition) is 2. The molecule has 0 spiro atoms. The second kappa shape index (κ2) is 6.97. The highest BCUT2D eigenvalue weighted by Crippen LogP contribution is 2.48. The van der Waals surface area contributed by atoms with E-state index in [1.54, 1.807) is 0 Å². The maximum Gasteiger partial charge on any atom is 0.229 e. The lowest BCUT2D eigenvalue weighted by atomic mass is 9.97. The molecule has 2 aromatic rings. The van der Waals surface area contributed by atoms with E-state index in [4.69, 9.17) is 4.74 Å². The highest BCUT2D eigenvalue weighted by atomic mass is 127. The van der Waals surface area contributed by atoms with E-state index in [-0.39, 0.29) is 24.0 Å². The monoisotopic (exact) mass is 461 g/mol. The Kier molecular flexibility index (Phi) is 4.82. The number of ether oxygens (including phenoxy) is 1. The number of carbonyl (C=O) groups excluding carboxylic acids is 1. The predicted molar refractivity (Wildman–Crippen MR) is 111 cm³/mol. The first-order valence-corrected chi connectivity index (χ1v) is 10.7. The number of benzene rings is 2. The van der Waals surface area contributed by atoms with E-state index in [2.05, 4.69) is 59.0 Å². The minimum atomic E-state index is -0.569. The first-order valence-electron chi connectivity index (χ1n) is 9.20. The van der Waals surface area contributed by atoms with Gasteiger partial charge in [-0.2, -0.15) is 0 Å². The third-order valence-corrected chi connectivity index (χ3v) is 6.61. The smallest absolute Gasteiger partial charge is 0.229 e. The number of carbonyl (C=O) groups is 1. The van der Waals surface area contributed by atoms with E-state index in [0.717, 1.165) is 17.3 Å². The minimum absolute atomic E-state index is 0.0348. The fourth-order valence-electron chi connectivity index (χ4n) is 4.42. The van der Waals surface area contributed by atoms with Crippen LogP contribution in [0, 0.1) is 5.92 Å². The standard InChI is InChI=1S/C22H24INO2/c1-22(2)24(20-18-11-7-6-10-16(18)13-19(20)26-22)21(25)17(14-23)12-15-8-4-3-5-9-15/h3-11,17,19-20H,12-14H2,1-2H3/t17-,19-,20+/m1/s1. The summed E-state index contributed by atoms with van der Waals surface area (Å²) in [5.74, 6) is 0.171. The molecule has 0 bridgehead atoms. The highest BCUT2D eigenvalue weighted by molar-refractivity contribution is 14.1. The van der Waals surface area contributed by atoms with Gasteiger partial charge in [0.05, 0.1) is 18.1 Å². The molecule has 0 radical (unpaired) electrons. The summed E-state index contributed by atoms with van der Waals surface area (Å²) in [6.45, 7) is 4.05. The van der Waals surface area contributed by atoms with Crippen LogP contribution in [0.1, 0.15) is 36.6 Å². The van der Waals surface area contributed by atoms with E-state index in [0.29, 0.717) is 0 Å². The van der Waals surface area contributed by atoms with Crippen LogP contribution in [0.3, 0.4) is 0 Å². The Morgan fingerprint density at radius 3 is 2.62 bits per heavy atom. The Labute approximate surface area is 168 Å². The zero-order valence-electron chi connectivity index (χ0n) is 15.2. The van der Waals surface area contributed by atoms with Crippen LogP contribution in [0.2, 0.25) is 0 Å². The molecule has 0 saturated carbocycles. The van der Waals surface area contributed by atoms with Gasteiger partial charge in [-0.05, 0) is 37.0 Å². The average Bonchev–Trinajstić information content (AvgIpc) is 3.10. The summed E-state index contributed by atoms with van der Waals surface area (Å²) in [7, 11) is 0. The number of alkyl halides is 1. The molecular formula is C22H24INO2. The van der Waals surface area contributed by atoms with Crippen molar-refractivity contribution >= 4 is 28.5 Å². The van der Waals surface area contributed by atoms with Crippen LogP contribution in [-0.2, 0) is 22.4 Å². The van der Waals surface area contributed by atoms with E-state index < -0.39 is 5.72 Å². The lowest BCUT2D eigenvalue weighted by Gasteiger charge is -2.36. The van der Waals surface area contributed by atoms with Gasteiger partial charge in [-0.3, -0.25) is 4.79 Å². The third-order valence-electron chi connectivity index (χ3n) is 5.54. The van der Waals surface area contributed by atoms with E-state index in [9.17, 15) is 4.79 Å². The highest BCUT2D eigenvalue weighted by Gasteiger charge is 2.54. The number of amides is 1. The van der Waals surface area contributed by atoms with Gasteiger partial charge in [0.15, 0.2) is 0 Å².